The molecule has 1 aromatic rings. The molecule has 0 saturated carbocycles. The maximum Gasteiger partial charge on any atom is 0.404 e. The molecule has 1 aromatic carbocycles. The highest BCUT2D eigenvalue weighted by atomic mass is 16.4. The molecule has 0 aromatic heterocycles. The molecule has 1 aliphatic heterocycles. The summed E-state index contributed by atoms with van der Waals surface area (Å²) < 4.78 is 0. The van der Waals surface area contributed by atoms with Crippen LogP contribution in [0, 0.1) is 5.41 Å². The van der Waals surface area contributed by atoms with Crippen molar-refractivity contribution in [1.29, 1.82) is 0 Å². The summed E-state index contributed by atoms with van der Waals surface area (Å²) in [5.41, 5.74) is 0.845. The Hall–Kier alpha value is -1.59. The Kier molecular flexibility index (Phi) is 4.62. The smallest absolute Gasteiger partial charge is 0.404 e. The number of β-amino-alcohol motifs (C(OH)–C–C–N with tert-alkyl or cyclic N) is 1. The molecule has 1 amide bonds. The van der Waals surface area contributed by atoms with Crippen LogP contribution >= 0.6 is 0 Å². The fourth-order valence-corrected chi connectivity index (χ4v) is 2.61. The van der Waals surface area contributed by atoms with E-state index in [1.54, 1.807) is 0 Å². The van der Waals surface area contributed by atoms with Crippen LogP contribution in [-0.2, 0) is 6.54 Å². The topological polar surface area (TPSA) is 72.8 Å². The van der Waals surface area contributed by atoms with Crippen LogP contribution in [0.5, 0.6) is 0 Å². The minimum Gasteiger partial charge on any atom is -0.465 e. The number of hydrogen-bond acceptors (Lipinski definition) is 3. The Bertz CT molecular complexity index is 452. The lowest BCUT2D eigenvalue weighted by Crippen LogP contribution is -2.53. The van der Waals surface area contributed by atoms with Crippen LogP contribution in [-0.4, -0.2) is 46.9 Å². The average Bonchev–Trinajstić information content (AvgIpc) is 2.42. The molecule has 20 heavy (non-hydrogen) atoms. The summed E-state index contributed by atoms with van der Waals surface area (Å²) in [6.45, 7) is 4.49. The normalized spacial score (nSPS) is 27.2. The van der Waals surface area contributed by atoms with Crippen molar-refractivity contribution in [2.24, 2.45) is 5.41 Å². The van der Waals surface area contributed by atoms with Gasteiger partial charge in [-0.25, -0.2) is 4.79 Å². The van der Waals surface area contributed by atoms with E-state index in [4.69, 9.17) is 5.11 Å². The van der Waals surface area contributed by atoms with Crippen LogP contribution < -0.4 is 5.32 Å². The van der Waals surface area contributed by atoms with E-state index < -0.39 is 12.2 Å². The number of benzene rings is 1. The monoisotopic (exact) mass is 278 g/mol. The van der Waals surface area contributed by atoms with E-state index in [1.807, 2.05) is 25.1 Å². The second kappa shape index (κ2) is 6.24. The van der Waals surface area contributed by atoms with Gasteiger partial charge in [-0.1, -0.05) is 37.3 Å². The molecule has 1 unspecified atom stereocenters. The third kappa shape index (κ3) is 3.71. The minimum atomic E-state index is -1.04. The summed E-state index contributed by atoms with van der Waals surface area (Å²) in [7, 11) is 0. The number of hydrogen-bond donors (Lipinski definition) is 3. The first kappa shape index (κ1) is 14.8. The molecular weight excluding hydrogens is 256 g/mol. The van der Waals surface area contributed by atoms with Crippen LogP contribution in [0.25, 0.3) is 0 Å². The standard InChI is InChI=1S/C15H22N2O3/c1-15(11-16-14(19)20)7-8-17(10-13(15)18)9-12-5-3-2-4-6-12/h2-6,13,16,18H,7-11H2,1H3,(H,19,20)/t13-,15?/m1/s1. The number of piperidine rings is 1. The maximum atomic E-state index is 10.6. The molecule has 0 radical (unpaired) electrons. The first-order valence-corrected chi connectivity index (χ1v) is 6.91. The van der Waals surface area contributed by atoms with Gasteiger partial charge in [-0.15, -0.1) is 0 Å². The van der Waals surface area contributed by atoms with Gasteiger partial charge in [0.1, 0.15) is 0 Å². The van der Waals surface area contributed by atoms with Crippen molar-refractivity contribution in [2.45, 2.75) is 26.0 Å². The molecular formula is C15H22N2O3. The second-order valence-electron chi connectivity index (χ2n) is 5.80. The number of likely N-dealkylation sites (tertiary alicyclic amines) is 1. The van der Waals surface area contributed by atoms with E-state index in [9.17, 15) is 9.90 Å². The van der Waals surface area contributed by atoms with E-state index in [0.29, 0.717) is 13.1 Å². The van der Waals surface area contributed by atoms with Crippen molar-refractivity contribution >= 4 is 6.09 Å². The average molecular weight is 278 g/mol. The molecule has 0 bridgehead atoms. The van der Waals surface area contributed by atoms with Crippen molar-refractivity contribution in [2.75, 3.05) is 19.6 Å². The molecule has 0 aliphatic carbocycles. The quantitative estimate of drug-likeness (QED) is 0.781. The summed E-state index contributed by atoms with van der Waals surface area (Å²) in [5.74, 6) is 0. The highest BCUT2D eigenvalue weighted by molar-refractivity contribution is 5.64. The summed E-state index contributed by atoms with van der Waals surface area (Å²) in [5, 5.41) is 21.4. The van der Waals surface area contributed by atoms with Gasteiger partial charge >= 0.3 is 6.09 Å². The molecule has 1 heterocycles. The molecule has 2 rings (SSSR count). The summed E-state index contributed by atoms with van der Waals surface area (Å²) in [6, 6.07) is 10.2. The predicted molar refractivity (Wildman–Crippen MR) is 76.5 cm³/mol. The zero-order valence-corrected chi connectivity index (χ0v) is 11.7. The highest BCUT2D eigenvalue weighted by Gasteiger charge is 2.38. The Morgan fingerprint density at radius 3 is 2.75 bits per heavy atom. The van der Waals surface area contributed by atoms with Gasteiger partial charge in [0, 0.05) is 25.0 Å². The third-order valence-corrected chi connectivity index (χ3v) is 4.13. The molecule has 3 N–H and O–H groups in total. The molecule has 2 atom stereocenters. The lowest BCUT2D eigenvalue weighted by Gasteiger charge is -2.43. The first-order chi connectivity index (χ1) is 9.49. The number of nitrogens with zero attached hydrogens (tertiary/aromatic N) is 1. The molecule has 1 fully saturated rings. The van der Waals surface area contributed by atoms with Crippen molar-refractivity contribution in [1.82, 2.24) is 10.2 Å². The Balaban J connectivity index is 1.90. The minimum absolute atomic E-state index is 0.294. The van der Waals surface area contributed by atoms with Crippen molar-refractivity contribution < 1.29 is 15.0 Å². The van der Waals surface area contributed by atoms with Gasteiger partial charge in [0.15, 0.2) is 0 Å². The van der Waals surface area contributed by atoms with Crippen LogP contribution in [0.2, 0.25) is 0 Å². The molecule has 110 valence electrons. The summed E-state index contributed by atoms with van der Waals surface area (Å²) in [6.07, 6.45) is -0.779. The van der Waals surface area contributed by atoms with Gasteiger partial charge in [0.25, 0.3) is 0 Å². The van der Waals surface area contributed by atoms with Gasteiger partial charge in [0.05, 0.1) is 6.10 Å². The second-order valence-corrected chi connectivity index (χ2v) is 5.80. The van der Waals surface area contributed by atoms with Gasteiger partial charge < -0.3 is 15.5 Å². The zero-order chi connectivity index (χ0) is 14.6. The lowest BCUT2D eigenvalue weighted by atomic mass is 9.77. The van der Waals surface area contributed by atoms with E-state index in [-0.39, 0.29) is 5.41 Å². The van der Waals surface area contributed by atoms with Gasteiger partial charge in [0.2, 0.25) is 0 Å². The van der Waals surface area contributed by atoms with Crippen molar-refractivity contribution in [3.8, 4) is 0 Å². The Morgan fingerprint density at radius 2 is 2.15 bits per heavy atom. The number of carbonyl (C=O) groups is 1. The van der Waals surface area contributed by atoms with E-state index in [0.717, 1.165) is 19.5 Å². The van der Waals surface area contributed by atoms with E-state index in [2.05, 4.69) is 22.3 Å². The van der Waals surface area contributed by atoms with Crippen LogP contribution in [0.1, 0.15) is 18.9 Å². The van der Waals surface area contributed by atoms with Crippen LogP contribution in [0.3, 0.4) is 0 Å². The van der Waals surface area contributed by atoms with Gasteiger partial charge in [-0.05, 0) is 18.5 Å². The highest BCUT2D eigenvalue weighted by Crippen LogP contribution is 2.31. The summed E-state index contributed by atoms with van der Waals surface area (Å²) in [4.78, 5) is 12.8. The van der Waals surface area contributed by atoms with Crippen molar-refractivity contribution in [3.63, 3.8) is 0 Å². The van der Waals surface area contributed by atoms with Crippen LogP contribution in [0.4, 0.5) is 4.79 Å². The van der Waals surface area contributed by atoms with E-state index in [1.165, 1.54) is 5.56 Å². The number of rotatable bonds is 4. The molecule has 1 saturated heterocycles. The SMILES string of the molecule is CC1(CNC(=O)O)CCN(Cc2ccccc2)C[C@H]1O. The maximum absolute atomic E-state index is 10.6. The number of aliphatic hydroxyl groups is 1. The zero-order valence-electron chi connectivity index (χ0n) is 11.7. The number of amides is 1. The lowest BCUT2D eigenvalue weighted by molar-refractivity contribution is -0.0364. The number of nitrogens with one attached hydrogen (secondary N) is 1. The third-order valence-electron chi connectivity index (χ3n) is 4.13. The first-order valence-electron chi connectivity index (χ1n) is 6.91. The van der Waals surface area contributed by atoms with Gasteiger partial charge in [-0.2, -0.15) is 0 Å². The molecule has 0 spiro atoms. The fourth-order valence-electron chi connectivity index (χ4n) is 2.61. The van der Waals surface area contributed by atoms with Gasteiger partial charge in [-0.3, -0.25) is 4.90 Å². The molecule has 1 aliphatic rings. The Morgan fingerprint density at radius 1 is 1.45 bits per heavy atom. The number of aliphatic hydroxyl groups excluding tert-OH is 1. The predicted octanol–water partition coefficient (Wildman–Crippen LogP) is 1.53. The number of carboxylic acid groups (broad SMARTS) is 1. The van der Waals surface area contributed by atoms with Crippen LogP contribution in [0.15, 0.2) is 30.3 Å². The van der Waals surface area contributed by atoms with Crippen molar-refractivity contribution in [3.05, 3.63) is 35.9 Å². The largest absolute Gasteiger partial charge is 0.465 e. The molecule has 5 heteroatoms. The Labute approximate surface area is 119 Å². The fraction of sp³-hybridized carbons (Fsp3) is 0.533. The molecule has 5 nitrogen and oxygen atoms in total. The van der Waals surface area contributed by atoms with E-state index >= 15 is 0 Å². The summed E-state index contributed by atoms with van der Waals surface area (Å²) >= 11 is 0.